The highest BCUT2D eigenvalue weighted by Gasteiger charge is 2.36. The van der Waals surface area contributed by atoms with E-state index in [0.717, 1.165) is 43.6 Å². The number of fused-ring (bicyclic) bond motifs is 1. The van der Waals surface area contributed by atoms with E-state index in [1.165, 1.54) is 12.8 Å². The molecule has 1 aliphatic carbocycles. The number of hydrogen-bond acceptors (Lipinski definition) is 3. The summed E-state index contributed by atoms with van der Waals surface area (Å²) in [4.78, 5) is 17.9. The summed E-state index contributed by atoms with van der Waals surface area (Å²) >= 11 is 0. The van der Waals surface area contributed by atoms with Crippen molar-refractivity contribution in [3.8, 4) is 0 Å². The van der Waals surface area contributed by atoms with Gasteiger partial charge in [0.15, 0.2) is 0 Å². The van der Waals surface area contributed by atoms with Gasteiger partial charge in [-0.25, -0.2) is 4.79 Å². The van der Waals surface area contributed by atoms with E-state index in [9.17, 15) is 4.79 Å². The molecule has 1 aromatic carbocycles. The Labute approximate surface area is 136 Å². The van der Waals surface area contributed by atoms with Crippen molar-refractivity contribution in [1.82, 2.24) is 14.5 Å². The van der Waals surface area contributed by atoms with Crippen molar-refractivity contribution in [3.63, 3.8) is 0 Å². The zero-order valence-electron chi connectivity index (χ0n) is 13.7. The first-order valence-corrected chi connectivity index (χ1v) is 8.81. The van der Waals surface area contributed by atoms with Crippen molar-refractivity contribution >= 4 is 11.0 Å². The summed E-state index contributed by atoms with van der Waals surface area (Å²) in [6.07, 6.45) is 4.92. The van der Waals surface area contributed by atoms with Crippen molar-refractivity contribution in [2.75, 3.05) is 19.7 Å². The van der Waals surface area contributed by atoms with Crippen LogP contribution in [0.25, 0.3) is 11.0 Å². The van der Waals surface area contributed by atoms with E-state index >= 15 is 0 Å². The summed E-state index contributed by atoms with van der Waals surface area (Å²) in [6, 6.07) is 8.99. The minimum atomic E-state index is 0.0321. The molecule has 0 radical (unpaired) electrons. The minimum absolute atomic E-state index is 0.0321. The Hall–Kier alpha value is -1.59. The number of nitrogens with one attached hydrogen (secondary N) is 1. The van der Waals surface area contributed by atoms with Gasteiger partial charge in [0.2, 0.25) is 0 Å². The molecule has 0 spiro atoms. The lowest BCUT2D eigenvalue weighted by Gasteiger charge is -2.45. The topological polar surface area (TPSA) is 50.3 Å². The molecule has 1 N–H and O–H groups in total. The van der Waals surface area contributed by atoms with Crippen molar-refractivity contribution in [2.24, 2.45) is 0 Å². The normalized spacial score (nSPS) is 26.5. The van der Waals surface area contributed by atoms with E-state index in [1.54, 1.807) is 0 Å². The average molecular weight is 315 g/mol. The highest BCUT2D eigenvalue weighted by atomic mass is 16.5. The fourth-order valence-electron chi connectivity index (χ4n) is 4.15. The number of benzene rings is 1. The van der Waals surface area contributed by atoms with Crippen LogP contribution < -0.4 is 5.69 Å². The monoisotopic (exact) mass is 315 g/mol. The van der Waals surface area contributed by atoms with Crippen LogP contribution in [0.3, 0.4) is 0 Å². The molecule has 1 aromatic heterocycles. The summed E-state index contributed by atoms with van der Waals surface area (Å²) in [5.41, 5.74) is 2.01. The second-order valence-electron chi connectivity index (χ2n) is 6.79. The van der Waals surface area contributed by atoms with Crippen molar-refractivity contribution in [3.05, 3.63) is 34.7 Å². The van der Waals surface area contributed by atoms with Crippen LogP contribution in [-0.2, 0) is 4.74 Å². The number of para-hydroxylation sites is 2. The van der Waals surface area contributed by atoms with Gasteiger partial charge in [-0.05, 0) is 44.7 Å². The van der Waals surface area contributed by atoms with Gasteiger partial charge in [0.25, 0.3) is 0 Å². The second kappa shape index (κ2) is 6.13. The standard InChI is InChI=1S/C18H25N3O2/c1-2-23-15-11-14(12-15)20-9-7-13(8-10-20)21-17-6-4-3-5-16(17)19-18(21)22/h3-6,13-15H,2,7-12H2,1H3,(H,19,22). The van der Waals surface area contributed by atoms with Gasteiger partial charge in [0, 0.05) is 31.8 Å². The number of ether oxygens (including phenoxy) is 1. The molecule has 124 valence electrons. The van der Waals surface area contributed by atoms with E-state index in [-0.39, 0.29) is 5.69 Å². The third kappa shape index (κ3) is 2.72. The molecule has 4 rings (SSSR count). The number of aromatic nitrogens is 2. The molecule has 1 saturated heterocycles. The van der Waals surface area contributed by atoms with Gasteiger partial charge >= 0.3 is 5.69 Å². The number of rotatable bonds is 4. The third-order valence-electron chi connectivity index (χ3n) is 5.48. The first-order valence-electron chi connectivity index (χ1n) is 8.81. The third-order valence-corrected chi connectivity index (χ3v) is 5.48. The molecule has 1 aliphatic heterocycles. The van der Waals surface area contributed by atoms with E-state index in [4.69, 9.17) is 4.74 Å². The largest absolute Gasteiger partial charge is 0.378 e. The van der Waals surface area contributed by atoms with Crippen LogP contribution in [0, 0.1) is 0 Å². The number of imidazole rings is 1. The van der Waals surface area contributed by atoms with Gasteiger partial charge in [0.1, 0.15) is 0 Å². The smallest absolute Gasteiger partial charge is 0.326 e. The number of hydrogen-bond donors (Lipinski definition) is 1. The average Bonchev–Trinajstić information content (AvgIpc) is 2.86. The highest BCUT2D eigenvalue weighted by Crippen LogP contribution is 2.33. The molecule has 0 bridgehead atoms. The molecule has 2 aliphatic rings. The predicted octanol–water partition coefficient (Wildman–Crippen LogP) is 2.53. The lowest BCUT2D eigenvalue weighted by molar-refractivity contribution is -0.0529. The Balaban J connectivity index is 1.42. The molecule has 2 aromatic rings. The zero-order valence-corrected chi connectivity index (χ0v) is 13.7. The number of piperidine rings is 1. The predicted molar refractivity (Wildman–Crippen MR) is 90.8 cm³/mol. The number of nitrogens with zero attached hydrogens (tertiary/aromatic N) is 2. The first kappa shape index (κ1) is 15.0. The van der Waals surface area contributed by atoms with E-state index in [1.807, 2.05) is 28.8 Å². The molecule has 2 fully saturated rings. The molecular weight excluding hydrogens is 290 g/mol. The maximum absolute atomic E-state index is 12.3. The van der Waals surface area contributed by atoms with Gasteiger partial charge in [-0.2, -0.15) is 0 Å². The molecule has 0 amide bonds. The summed E-state index contributed by atoms with van der Waals surface area (Å²) in [6.45, 7) is 5.06. The van der Waals surface area contributed by atoms with Gasteiger partial charge < -0.3 is 14.6 Å². The lowest BCUT2D eigenvalue weighted by Crippen LogP contribution is -2.51. The van der Waals surface area contributed by atoms with Crippen LogP contribution in [0.5, 0.6) is 0 Å². The Bertz CT molecular complexity index is 721. The fourth-order valence-corrected chi connectivity index (χ4v) is 4.15. The van der Waals surface area contributed by atoms with Crippen molar-refractivity contribution in [1.29, 1.82) is 0 Å². The maximum Gasteiger partial charge on any atom is 0.326 e. The number of aromatic amines is 1. The van der Waals surface area contributed by atoms with E-state index < -0.39 is 0 Å². The molecule has 0 unspecified atom stereocenters. The summed E-state index contributed by atoms with van der Waals surface area (Å²) < 4.78 is 7.64. The molecule has 0 atom stereocenters. The van der Waals surface area contributed by atoms with Gasteiger partial charge in [-0.1, -0.05) is 12.1 Å². The molecule has 5 heteroatoms. The molecule has 2 heterocycles. The van der Waals surface area contributed by atoms with Crippen molar-refractivity contribution in [2.45, 2.75) is 50.8 Å². The highest BCUT2D eigenvalue weighted by molar-refractivity contribution is 5.75. The second-order valence-corrected chi connectivity index (χ2v) is 6.79. The quantitative estimate of drug-likeness (QED) is 0.943. The molecule has 23 heavy (non-hydrogen) atoms. The van der Waals surface area contributed by atoms with Crippen LogP contribution >= 0.6 is 0 Å². The van der Waals surface area contributed by atoms with Crippen LogP contribution in [0.4, 0.5) is 0 Å². The first-order chi connectivity index (χ1) is 11.3. The van der Waals surface area contributed by atoms with E-state index in [0.29, 0.717) is 18.2 Å². The summed E-state index contributed by atoms with van der Waals surface area (Å²) in [5, 5.41) is 0. The lowest BCUT2D eigenvalue weighted by atomic mass is 9.86. The van der Waals surface area contributed by atoms with Crippen molar-refractivity contribution < 1.29 is 4.74 Å². The van der Waals surface area contributed by atoms with Crippen LogP contribution in [0.1, 0.15) is 38.6 Å². The molecule has 1 saturated carbocycles. The summed E-state index contributed by atoms with van der Waals surface area (Å²) in [7, 11) is 0. The SMILES string of the molecule is CCOC1CC(N2CCC(n3c(=O)[nH]c4ccccc43)CC2)C1. The maximum atomic E-state index is 12.3. The molecular formula is C18H25N3O2. The van der Waals surface area contributed by atoms with E-state index in [2.05, 4.69) is 16.8 Å². The van der Waals surface area contributed by atoms with Gasteiger partial charge in [0.05, 0.1) is 17.1 Å². The Morgan fingerprint density at radius 1 is 1.17 bits per heavy atom. The Morgan fingerprint density at radius 2 is 1.91 bits per heavy atom. The molecule has 5 nitrogen and oxygen atoms in total. The van der Waals surface area contributed by atoms with Crippen LogP contribution in [0.15, 0.2) is 29.1 Å². The van der Waals surface area contributed by atoms with Crippen LogP contribution in [0.2, 0.25) is 0 Å². The minimum Gasteiger partial charge on any atom is -0.378 e. The van der Waals surface area contributed by atoms with Gasteiger partial charge in [-0.3, -0.25) is 4.57 Å². The summed E-state index contributed by atoms with van der Waals surface area (Å²) in [5.74, 6) is 0. The Kier molecular flexibility index (Phi) is 3.99. The number of likely N-dealkylation sites (tertiary alicyclic amines) is 1. The van der Waals surface area contributed by atoms with Crippen LogP contribution in [-0.4, -0.2) is 46.3 Å². The van der Waals surface area contributed by atoms with Gasteiger partial charge in [-0.15, -0.1) is 0 Å². The number of H-pyrrole nitrogens is 1. The fraction of sp³-hybridized carbons (Fsp3) is 0.611. The zero-order chi connectivity index (χ0) is 15.8. The Morgan fingerprint density at radius 3 is 2.65 bits per heavy atom.